The van der Waals surface area contributed by atoms with Gasteiger partial charge in [0.1, 0.15) is 5.82 Å². The largest absolute Gasteiger partial charge is 0.370 e. The van der Waals surface area contributed by atoms with E-state index in [9.17, 15) is 0 Å². The summed E-state index contributed by atoms with van der Waals surface area (Å²) < 4.78 is 0. The summed E-state index contributed by atoms with van der Waals surface area (Å²) in [6.45, 7) is 2.84. The van der Waals surface area contributed by atoms with Gasteiger partial charge < -0.3 is 15.5 Å². The van der Waals surface area contributed by atoms with Crippen molar-refractivity contribution in [2.24, 2.45) is 4.99 Å². The first-order valence-electron chi connectivity index (χ1n) is 8.38. The molecule has 0 unspecified atom stereocenters. The maximum atomic E-state index is 4.36. The van der Waals surface area contributed by atoms with Gasteiger partial charge in [0.25, 0.3) is 0 Å². The van der Waals surface area contributed by atoms with Gasteiger partial charge >= 0.3 is 0 Å². The lowest BCUT2D eigenvalue weighted by molar-refractivity contribution is 0.485. The second kappa shape index (κ2) is 12.9. The van der Waals surface area contributed by atoms with Crippen molar-refractivity contribution in [1.29, 1.82) is 0 Å². The Balaban J connectivity index is 0.00000312. The molecular weight excluding hydrogens is 445 g/mol. The lowest BCUT2D eigenvalue weighted by Crippen LogP contribution is -2.40. The molecule has 7 heteroatoms. The van der Waals surface area contributed by atoms with Crippen LogP contribution in [0.1, 0.15) is 17.7 Å². The highest BCUT2D eigenvalue weighted by atomic mass is 127. The molecule has 2 aromatic rings. The molecule has 0 saturated heterocycles. The van der Waals surface area contributed by atoms with Gasteiger partial charge in [0.2, 0.25) is 0 Å². The third kappa shape index (κ3) is 8.53. The lowest BCUT2D eigenvalue weighted by atomic mass is 10.3. The number of hydrogen-bond acceptors (Lipinski definition) is 4. The summed E-state index contributed by atoms with van der Waals surface area (Å²) in [5, 5.41) is 8.89. The van der Waals surface area contributed by atoms with Crippen molar-refractivity contribution in [3.8, 4) is 0 Å². The Morgan fingerprint density at radius 3 is 2.72 bits per heavy atom. The van der Waals surface area contributed by atoms with Gasteiger partial charge in [0, 0.05) is 44.8 Å². The van der Waals surface area contributed by atoms with Crippen LogP contribution in [0.4, 0.5) is 5.82 Å². The zero-order valence-electron chi connectivity index (χ0n) is 14.9. The predicted molar refractivity (Wildman–Crippen MR) is 119 cm³/mol. The van der Waals surface area contributed by atoms with Crippen molar-refractivity contribution < 1.29 is 0 Å². The molecule has 25 heavy (non-hydrogen) atoms. The maximum Gasteiger partial charge on any atom is 0.193 e. The molecule has 0 fully saturated rings. The molecular formula is C18H28IN5S. The standard InChI is InChI=1S/C18H27N5S.HI/c1-19-18(23(2)14-10-16-8-7-15-24-16)22-13-6-5-12-21-17-9-3-4-11-20-17;/h3-4,7-9,11,15H,5-6,10,12-14H2,1-2H3,(H,19,22)(H,20,21);1H. The molecule has 0 atom stereocenters. The van der Waals surface area contributed by atoms with E-state index >= 15 is 0 Å². The van der Waals surface area contributed by atoms with Crippen LogP contribution in [0.2, 0.25) is 0 Å². The molecule has 0 radical (unpaired) electrons. The molecule has 0 amide bonds. The fraction of sp³-hybridized carbons (Fsp3) is 0.444. The summed E-state index contributed by atoms with van der Waals surface area (Å²) in [5.74, 6) is 1.90. The molecule has 138 valence electrons. The minimum atomic E-state index is 0. The van der Waals surface area contributed by atoms with Crippen molar-refractivity contribution >= 4 is 47.1 Å². The molecule has 0 saturated carbocycles. The van der Waals surface area contributed by atoms with E-state index in [-0.39, 0.29) is 24.0 Å². The first kappa shape index (κ1) is 21.7. The summed E-state index contributed by atoms with van der Waals surface area (Å²) in [4.78, 5) is 12.2. The summed E-state index contributed by atoms with van der Waals surface area (Å²) in [6, 6.07) is 10.2. The molecule has 2 aromatic heterocycles. The fourth-order valence-electron chi connectivity index (χ4n) is 2.36. The summed E-state index contributed by atoms with van der Waals surface area (Å²) >= 11 is 1.81. The van der Waals surface area contributed by atoms with Crippen LogP contribution in [0.3, 0.4) is 0 Å². The number of thiophene rings is 1. The Morgan fingerprint density at radius 2 is 2.04 bits per heavy atom. The second-order valence-corrected chi connectivity index (χ2v) is 6.61. The van der Waals surface area contributed by atoms with Crippen molar-refractivity contribution in [1.82, 2.24) is 15.2 Å². The third-order valence-corrected chi connectivity index (χ3v) is 4.64. The Labute approximate surface area is 172 Å². The smallest absolute Gasteiger partial charge is 0.193 e. The summed E-state index contributed by atoms with van der Waals surface area (Å²) in [6.07, 6.45) is 5.06. The molecule has 0 aliphatic carbocycles. The second-order valence-electron chi connectivity index (χ2n) is 5.57. The van der Waals surface area contributed by atoms with E-state index in [1.165, 1.54) is 4.88 Å². The van der Waals surface area contributed by atoms with Crippen LogP contribution >= 0.6 is 35.3 Å². The maximum absolute atomic E-state index is 4.36. The number of likely N-dealkylation sites (N-methyl/N-ethyl adjacent to an activating group) is 1. The van der Waals surface area contributed by atoms with Crippen molar-refractivity contribution in [3.63, 3.8) is 0 Å². The van der Waals surface area contributed by atoms with Crippen LogP contribution in [0.5, 0.6) is 0 Å². The van der Waals surface area contributed by atoms with E-state index in [1.54, 1.807) is 6.20 Å². The summed E-state index contributed by atoms with van der Waals surface area (Å²) in [5.41, 5.74) is 0. The molecule has 0 aliphatic heterocycles. The van der Waals surface area contributed by atoms with E-state index in [1.807, 2.05) is 36.6 Å². The quantitative estimate of drug-likeness (QED) is 0.253. The van der Waals surface area contributed by atoms with Crippen LogP contribution in [0, 0.1) is 0 Å². The summed E-state index contributed by atoms with van der Waals surface area (Å²) in [7, 11) is 3.93. The number of nitrogens with zero attached hydrogens (tertiary/aromatic N) is 3. The van der Waals surface area contributed by atoms with Gasteiger partial charge in [0.15, 0.2) is 5.96 Å². The number of aliphatic imine (C=N–C) groups is 1. The zero-order valence-corrected chi connectivity index (χ0v) is 18.1. The van der Waals surface area contributed by atoms with E-state index < -0.39 is 0 Å². The highest BCUT2D eigenvalue weighted by Gasteiger charge is 2.05. The Morgan fingerprint density at radius 1 is 1.20 bits per heavy atom. The molecule has 5 nitrogen and oxygen atoms in total. The lowest BCUT2D eigenvalue weighted by Gasteiger charge is -2.21. The van der Waals surface area contributed by atoms with Crippen LogP contribution < -0.4 is 10.6 Å². The van der Waals surface area contributed by atoms with Gasteiger partial charge in [-0.15, -0.1) is 35.3 Å². The Bertz CT molecular complexity index is 589. The normalized spacial score (nSPS) is 10.9. The molecule has 2 N–H and O–H groups in total. The van der Waals surface area contributed by atoms with Gasteiger partial charge in [-0.1, -0.05) is 12.1 Å². The van der Waals surface area contributed by atoms with Gasteiger partial charge in [-0.2, -0.15) is 0 Å². The number of pyridine rings is 1. The number of halogens is 1. The first-order chi connectivity index (χ1) is 11.8. The molecule has 0 aliphatic rings. The number of aromatic nitrogens is 1. The highest BCUT2D eigenvalue weighted by molar-refractivity contribution is 14.0. The molecule has 2 heterocycles. The predicted octanol–water partition coefficient (Wildman–Crippen LogP) is 3.70. The van der Waals surface area contributed by atoms with E-state index in [2.05, 4.69) is 50.1 Å². The number of nitrogens with one attached hydrogen (secondary N) is 2. The number of hydrogen-bond donors (Lipinski definition) is 2. The number of rotatable bonds is 9. The van der Waals surface area contributed by atoms with Crippen LogP contribution in [-0.4, -0.2) is 49.6 Å². The third-order valence-electron chi connectivity index (χ3n) is 3.70. The Kier molecular flexibility index (Phi) is 11.2. The molecule has 0 spiro atoms. The molecule has 0 bridgehead atoms. The van der Waals surface area contributed by atoms with Crippen LogP contribution in [0.25, 0.3) is 0 Å². The van der Waals surface area contributed by atoms with Crippen LogP contribution in [-0.2, 0) is 6.42 Å². The fourth-order valence-corrected chi connectivity index (χ4v) is 3.06. The zero-order chi connectivity index (χ0) is 17.0. The van der Waals surface area contributed by atoms with E-state index in [0.717, 1.165) is 50.7 Å². The van der Waals surface area contributed by atoms with Crippen molar-refractivity contribution in [2.45, 2.75) is 19.3 Å². The van der Waals surface area contributed by atoms with E-state index in [0.29, 0.717) is 0 Å². The average Bonchev–Trinajstić information content (AvgIpc) is 3.13. The number of guanidine groups is 1. The molecule has 0 aromatic carbocycles. The van der Waals surface area contributed by atoms with E-state index in [4.69, 9.17) is 0 Å². The van der Waals surface area contributed by atoms with Crippen molar-refractivity contribution in [2.75, 3.05) is 39.0 Å². The van der Waals surface area contributed by atoms with Gasteiger partial charge in [-0.3, -0.25) is 4.99 Å². The minimum Gasteiger partial charge on any atom is -0.370 e. The number of unbranched alkanes of at least 4 members (excludes halogenated alkanes) is 1. The highest BCUT2D eigenvalue weighted by Crippen LogP contribution is 2.09. The van der Waals surface area contributed by atoms with Gasteiger partial charge in [-0.05, 0) is 42.8 Å². The SMILES string of the molecule is CN=C(NCCCCNc1ccccn1)N(C)CCc1cccs1.I. The Hall–Kier alpha value is -1.35. The average molecular weight is 473 g/mol. The van der Waals surface area contributed by atoms with Gasteiger partial charge in [0.05, 0.1) is 0 Å². The minimum absolute atomic E-state index is 0. The topological polar surface area (TPSA) is 52.6 Å². The number of anilines is 1. The monoisotopic (exact) mass is 473 g/mol. The van der Waals surface area contributed by atoms with Gasteiger partial charge in [-0.25, -0.2) is 4.98 Å². The van der Waals surface area contributed by atoms with Crippen molar-refractivity contribution in [3.05, 3.63) is 46.8 Å². The molecule has 2 rings (SSSR count). The van der Waals surface area contributed by atoms with Crippen LogP contribution in [0.15, 0.2) is 46.9 Å². The first-order valence-corrected chi connectivity index (χ1v) is 9.26.